The van der Waals surface area contributed by atoms with Crippen LogP contribution in [0.2, 0.25) is 0 Å². The van der Waals surface area contributed by atoms with Crippen LogP contribution < -0.4 is 11.1 Å². The van der Waals surface area contributed by atoms with E-state index < -0.39 is 23.6 Å². The zero-order chi connectivity index (χ0) is 22.1. The Morgan fingerprint density at radius 3 is 2.39 bits per heavy atom. The van der Waals surface area contributed by atoms with Gasteiger partial charge in [-0.15, -0.1) is 5.10 Å². The second-order valence-corrected chi connectivity index (χ2v) is 6.80. The fourth-order valence-corrected chi connectivity index (χ4v) is 3.20. The number of nitrogens with two attached hydrogens (primary N) is 1. The lowest BCUT2D eigenvalue weighted by molar-refractivity contribution is -0.119. The molecule has 1 saturated heterocycles. The van der Waals surface area contributed by atoms with Crippen LogP contribution in [0.15, 0.2) is 40.8 Å². The molecule has 0 radical (unpaired) electrons. The number of anilines is 1. The molecule has 1 aliphatic rings. The number of aromatic amines is 1. The van der Waals surface area contributed by atoms with Crippen LogP contribution in [-0.4, -0.2) is 38.8 Å². The number of halogens is 3. The van der Waals surface area contributed by atoms with Gasteiger partial charge >= 0.3 is 6.01 Å². The summed E-state index contributed by atoms with van der Waals surface area (Å²) in [7, 11) is 0. The minimum absolute atomic E-state index is 0.00285. The van der Waals surface area contributed by atoms with E-state index in [-0.39, 0.29) is 35.1 Å². The Morgan fingerprint density at radius 1 is 1.10 bits per heavy atom. The van der Waals surface area contributed by atoms with Crippen LogP contribution in [-0.2, 0) is 4.79 Å². The highest BCUT2D eigenvalue weighted by atomic mass is 19.1. The third kappa shape index (κ3) is 4.21. The Hall–Kier alpha value is -3.86. The summed E-state index contributed by atoms with van der Waals surface area (Å²) < 4.78 is 46.2. The molecule has 5 rings (SSSR count). The topological polar surface area (TPSA) is 130 Å². The van der Waals surface area contributed by atoms with E-state index in [1.165, 1.54) is 24.3 Å². The van der Waals surface area contributed by atoms with Crippen molar-refractivity contribution in [1.82, 2.24) is 20.5 Å². The van der Waals surface area contributed by atoms with Gasteiger partial charge in [-0.25, -0.2) is 13.2 Å². The number of β-amino-alcohol motifs (C(OH)–C–C–N with tert-alkyl or cyclic N) is 1. The molecule has 1 fully saturated rings. The van der Waals surface area contributed by atoms with Crippen LogP contribution in [0.5, 0.6) is 0 Å². The molecule has 11 heteroatoms. The van der Waals surface area contributed by atoms with E-state index in [2.05, 4.69) is 20.5 Å². The molecular formula is C20H16F3N5O3. The van der Waals surface area contributed by atoms with Crippen LogP contribution in [0, 0.1) is 17.5 Å². The highest BCUT2D eigenvalue weighted by molar-refractivity contribution is 6.02. The number of aliphatic hydroxyl groups is 1. The Morgan fingerprint density at radius 2 is 1.84 bits per heavy atom. The van der Waals surface area contributed by atoms with E-state index in [4.69, 9.17) is 15.3 Å². The second kappa shape index (κ2) is 8.11. The minimum Gasteiger partial charge on any atom is -0.403 e. The van der Waals surface area contributed by atoms with Crippen molar-refractivity contribution in [2.45, 2.75) is 12.5 Å². The molecule has 1 unspecified atom stereocenters. The van der Waals surface area contributed by atoms with Gasteiger partial charge in [-0.3, -0.25) is 4.79 Å². The van der Waals surface area contributed by atoms with Gasteiger partial charge in [0.2, 0.25) is 5.91 Å². The standard InChI is InChI=1S/C16H9F3N4O.C4H7NO2/c17-8-3-1-7(2-4-8)13-12(15-22-23-16(20)24-15)10-5-9(18)6-11(19)14(10)21-13;6-3-1-4(7)5-2-3/h1-6,21H,(H2,20,23);3,6H,1-2H2,(H,5,7). The molecule has 8 nitrogen and oxygen atoms in total. The lowest BCUT2D eigenvalue weighted by atomic mass is 10.0. The number of aromatic nitrogens is 3. The normalized spacial score (nSPS) is 15.6. The highest BCUT2D eigenvalue weighted by Crippen LogP contribution is 2.39. The summed E-state index contributed by atoms with van der Waals surface area (Å²) in [5.74, 6) is -1.99. The molecule has 4 aromatic rings. The van der Waals surface area contributed by atoms with Crippen LogP contribution in [0.25, 0.3) is 33.6 Å². The summed E-state index contributed by atoms with van der Waals surface area (Å²) in [6, 6.07) is 7.24. The number of benzene rings is 2. The Balaban J connectivity index is 0.000000282. The number of rotatable bonds is 2. The van der Waals surface area contributed by atoms with E-state index in [9.17, 15) is 18.0 Å². The number of carbonyl (C=O) groups excluding carboxylic acids is 1. The van der Waals surface area contributed by atoms with E-state index in [0.717, 1.165) is 12.1 Å². The summed E-state index contributed by atoms with van der Waals surface area (Å²) >= 11 is 0. The van der Waals surface area contributed by atoms with Crippen molar-refractivity contribution in [3.05, 3.63) is 53.8 Å². The molecule has 0 spiro atoms. The van der Waals surface area contributed by atoms with Gasteiger partial charge in [0.05, 0.1) is 29.3 Å². The average molecular weight is 431 g/mol. The highest BCUT2D eigenvalue weighted by Gasteiger charge is 2.22. The molecule has 31 heavy (non-hydrogen) atoms. The first-order valence-electron chi connectivity index (χ1n) is 9.12. The number of nitrogens with zero attached hydrogens (tertiary/aromatic N) is 2. The minimum atomic E-state index is -0.771. The van der Waals surface area contributed by atoms with Crippen molar-refractivity contribution in [2.75, 3.05) is 12.3 Å². The number of aliphatic hydroxyl groups excluding tert-OH is 1. The molecule has 0 aliphatic carbocycles. The monoisotopic (exact) mass is 431 g/mol. The summed E-state index contributed by atoms with van der Waals surface area (Å²) in [6.07, 6.45) is -0.160. The SMILES string of the molecule is Nc1nnc(-c2c(-c3ccc(F)cc3)[nH]c3c(F)cc(F)cc23)o1.O=C1CC(O)CN1. The molecule has 5 N–H and O–H groups in total. The van der Waals surface area contributed by atoms with Gasteiger partial charge < -0.3 is 25.6 Å². The molecule has 1 atom stereocenters. The first-order valence-corrected chi connectivity index (χ1v) is 9.12. The van der Waals surface area contributed by atoms with Crippen molar-refractivity contribution >= 4 is 22.8 Å². The Labute approximate surface area is 172 Å². The number of nitrogen functional groups attached to an aromatic ring is 1. The lowest BCUT2D eigenvalue weighted by Gasteiger charge is -2.01. The second-order valence-electron chi connectivity index (χ2n) is 6.80. The maximum Gasteiger partial charge on any atom is 0.313 e. The average Bonchev–Trinajstić information content (AvgIpc) is 3.41. The van der Waals surface area contributed by atoms with Gasteiger partial charge in [0.25, 0.3) is 5.89 Å². The molecule has 2 aromatic heterocycles. The fourth-order valence-electron chi connectivity index (χ4n) is 3.20. The van der Waals surface area contributed by atoms with Crippen molar-refractivity contribution in [3.63, 3.8) is 0 Å². The summed E-state index contributed by atoms with van der Waals surface area (Å²) in [6.45, 7) is 0.429. The number of fused-ring (bicyclic) bond motifs is 1. The third-order valence-electron chi connectivity index (χ3n) is 4.57. The molecular weight excluding hydrogens is 415 g/mol. The van der Waals surface area contributed by atoms with Crippen molar-refractivity contribution < 1.29 is 27.5 Å². The molecule has 0 bridgehead atoms. The number of H-pyrrole nitrogens is 1. The van der Waals surface area contributed by atoms with E-state index in [1.807, 2.05) is 0 Å². The van der Waals surface area contributed by atoms with E-state index in [1.54, 1.807) is 0 Å². The number of carbonyl (C=O) groups is 1. The predicted molar refractivity (Wildman–Crippen MR) is 105 cm³/mol. The van der Waals surface area contributed by atoms with Crippen molar-refractivity contribution in [1.29, 1.82) is 0 Å². The van der Waals surface area contributed by atoms with Gasteiger partial charge in [-0.1, -0.05) is 5.10 Å². The van der Waals surface area contributed by atoms with Crippen LogP contribution >= 0.6 is 0 Å². The zero-order valence-electron chi connectivity index (χ0n) is 15.8. The quantitative estimate of drug-likeness (QED) is 0.386. The maximum atomic E-state index is 14.1. The number of nitrogens with one attached hydrogen (secondary N) is 2. The van der Waals surface area contributed by atoms with Gasteiger partial charge in [0.1, 0.15) is 17.5 Å². The first kappa shape index (κ1) is 20.4. The number of hydrogen-bond donors (Lipinski definition) is 4. The zero-order valence-corrected chi connectivity index (χ0v) is 15.8. The molecule has 160 valence electrons. The van der Waals surface area contributed by atoms with Gasteiger partial charge in [0, 0.05) is 18.0 Å². The lowest BCUT2D eigenvalue weighted by Crippen LogP contribution is -2.14. The van der Waals surface area contributed by atoms with Crippen LogP contribution in [0.3, 0.4) is 0 Å². The summed E-state index contributed by atoms with van der Waals surface area (Å²) in [5, 5.41) is 18.7. The van der Waals surface area contributed by atoms with Crippen molar-refractivity contribution in [2.24, 2.45) is 0 Å². The number of amides is 1. The predicted octanol–water partition coefficient (Wildman–Crippen LogP) is 2.75. The molecule has 1 amide bonds. The molecule has 3 heterocycles. The van der Waals surface area contributed by atoms with Gasteiger partial charge in [0.15, 0.2) is 0 Å². The summed E-state index contributed by atoms with van der Waals surface area (Å²) in [4.78, 5) is 13.1. The number of hydrogen-bond acceptors (Lipinski definition) is 6. The Bertz CT molecular complexity index is 1250. The molecule has 2 aromatic carbocycles. The largest absolute Gasteiger partial charge is 0.403 e. The van der Waals surface area contributed by atoms with E-state index in [0.29, 0.717) is 23.4 Å². The molecule has 0 saturated carbocycles. The van der Waals surface area contributed by atoms with Gasteiger partial charge in [-0.05, 0) is 35.9 Å². The summed E-state index contributed by atoms with van der Waals surface area (Å²) in [5.41, 5.74) is 6.74. The third-order valence-corrected chi connectivity index (χ3v) is 4.57. The molecule has 1 aliphatic heterocycles. The first-order chi connectivity index (χ1) is 14.8. The smallest absolute Gasteiger partial charge is 0.313 e. The van der Waals surface area contributed by atoms with Gasteiger partial charge in [-0.2, -0.15) is 0 Å². The Kier molecular flexibility index (Phi) is 5.34. The van der Waals surface area contributed by atoms with Crippen LogP contribution in [0.4, 0.5) is 19.2 Å². The van der Waals surface area contributed by atoms with Crippen molar-refractivity contribution in [3.8, 4) is 22.7 Å². The van der Waals surface area contributed by atoms with E-state index >= 15 is 0 Å². The van der Waals surface area contributed by atoms with Crippen LogP contribution in [0.1, 0.15) is 6.42 Å². The fraction of sp³-hybridized carbons (Fsp3) is 0.150. The maximum absolute atomic E-state index is 14.1.